The summed E-state index contributed by atoms with van der Waals surface area (Å²) >= 11 is 6.07. The van der Waals surface area contributed by atoms with Crippen LogP contribution in [0.25, 0.3) is 0 Å². The van der Waals surface area contributed by atoms with Crippen molar-refractivity contribution in [2.24, 2.45) is 0 Å². The van der Waals surface area contributed by atoms with Gasteiger partial charge in [0.2, 0.25) is 0 Å². The Morgan fingerprint density at radius 3 is 2.25 bits per heavy atom. The van der Waals surface area contributed by atoms with Gasteiger partial charge in [0.1, 0.15) is 0 Å². The second-order valence-electron chi connectivity index (χ2n) is 7.38. The van der Waals surface area contributed by atoms with Gasteiger partial charge in [0.25, 0.3) is 10.0 Å². The fraction of sp³-hybridized carbons (Fsp3) is 0.217. The van der Waals surface area contributed by atoms with Crippen LogP contribution >= 0.6 is 11.6 Å². The van der Waals surface area contributed by atoms with E-state index in [0.29, 0.717) is 16.3 Å². The van der Waals surface area contributed by atoms with E-state index in [9.17, 15) is 8.42 Å². The molecule has 4 rings (SSSR count). The van der Waals surface area contributed by atoms with Crippen LogP contribution in [0.2, 0.25) is 5.02 Å². The molecule has 0 fully saturated rings. The molecule has 0 N–H and O–H groups in total. The number of hydrogen-bond acceptors (Lipinski definition) is 2. The summed E-state index contributed by atoms with van der Waals surface area (Å²) in [6, 6.07) is 22.0. The molecule has 3 aromatic carbocycles. The van der Waals surface area contributed by atoms with Gasteiger partial charge in [0, 0.05) is 5.02 Å². The first-order chi connectivity index (χ1) is 13.4. The largest absolute Gasteiger partial charge is 0.264 e. The molecule has 0 spiro atoms. The van der Waals surface area contributed by atoms with Gasteiger partial charge in [-0.25, -0.2) is 8.42 Å². The summed E-state index contributed by atoms with van der Waals surface area (Å²) in [5.74, 6) is 0.251. The van der Waals surface area contributed by atoms with Crippen LogP contribution in [0.1, 0.15) is 42.0 Å². The molecular formula is C23H22ClNO2S. The van der Waals surface area contributed by atoms with Gasteiger partial charge < -0.3 is 0 Å². The van der Waals surface area contributed by atoms with Crippen molar-refractivity contribution in [3.63, 3.8) is 0 Å². The summed E-state index contributed by atoms with van der Waals surface area (Å²) in [6.07, 6.45) is 0.712. The highest BCUT2D eigenvalue weighted by Gasteiger charge is 2.39. The lowest BCUT2D eigenvalue weighted by molar-refractivity contribution is 0.523. The van der Waals surface area contributed by atoms with Crippen LogP contribution in [0, 0.1) is 6.92 Å². The van der Waals surface area contributed by atoms with Crippen LogP contribution in [0.4, 0.5) is 5.69 Å². The van der Waals surface area contributed by atoms with Crippen LogP contribution in [0.3, 0.4) is 0 Å². The van der Waals surface area contributed by atoms with Gasteiger partial charge in [0.05, 0.1) is 16.6 Å². The Balaban J connectivity index is 1.91. The minimum Gasteiger partial charge on any atom is -0.259 e. The van der Waals surface area contributed by atoms with Gasteiger partial charge in [-0.3, -0.25) is 4.31 Å². The van der Waals surface area contributed by atoms with Crippen LogP contribution in [0.15, 0.2) is 77.7 Å². The van der Waals surface area contributed by atoms with E-state index in [-0.39, 0.29) is 12.0 Å². The summed E-state index contributed by atoms with van der Waals surface area (Å²) in [5.41, 5.74) is 3.78. The van der Waals surface area contributed by atoms with Crippen LogP contribution in [-0.4, -0.2) is 8.42 Å². The van der Waals surface area contributed by atoms with E-state index in [1.807, 2.05) is 67.6 Å². The lowest BCUT2D eigenvalue weighted by Crippen LogP contribution is -2.39. The highest BCUT2D eigenvalue weighted by Crippen LogP contribution is 2.47. The normalized spacial score (nSPS) is 19.3. The Bertz CT molecular complexity index is 1090. The predicted octanol–water partition coefficient (Wildman–Crippen LogP) is 6.09. The molecule has 0 amide bonds. The van der Waals surface area contributed by atoms with Crippen molar-refractivity contribution >= 4 is 27.3 Å². The number of fused-ring (bicyclic) bond motifs is 1. The Hall–Kier alpha value is -2.30. The van der Waals surface area contributed by atoms with Crippen LogP contribution < -0.4 is 4.31 Å². The number of anilines is 1. The highest BCUT2D eigenvalue weighted by molar-refractivity contribution is 7.92. The number of para-hydroxylation sites is 1. The molecule has 2 atom stereocenters. The molecule has 1 heterocycles. The van der Waals surface area contributed by atoms with Crippen molar-refractivity contribution in [3.8, 4) is 0 Å². The number of hydrogen-bond donors (Lipinski definition) is 0. The summed E-state index contributed by atoms with van der Waals surface area (Å²) in [4.78, 5) is 0.307. The SMILES string of the molecule is Cc1ccc(S(=O)(=O)N2c3ccccc3[C@@H](C)C[C@H]2c2ccc(Cl)cc2)cc1. The first-order valence-corrected chi connectivity index (χ1v) is 11.2. The van der Waals surface area contributed by atoms with Gasteiger partial charge in [-0.15, -0.1) is 0 Å². The number of aryl methyl sites for hydroxylation is 1. The topological polar surface area (TPSA) is 37.4 Å². The smallest absolute Gasteiger partial charge is 0.259 e. The van der Waals surface area contributed by atoms with E-state index in [1.165, 1.54) is 0 Å². The summed E-state index contributed by atoms with van der Waals surface area (Å²) in [7, 11) is -3.72. The molecule has 144 valence electrons. The molecule has 1 aliphatic heterocycles. The third kappa shape index (κ3) is 3.31. The molecule has 0 saturated heterocycles. The molecule has 0 aromatic heterocycles. The lowest BCUT2D eigenvalue weighted by Gasteiger charge is -2.40. The summed E-state index contributed by atoms with van der Waals surface area (Å²) < 4.78 is 29.0. The highest BCUT2D eigenvalue weighted by atomic mass is 35.5. The van der Waals surface area contributed by atoms with Gasteiger partial charge in [-0.05, 0) is 60.7 Å². The predicted molar refractivity (Wildman–Crippen MR) is 115 cm³/mol. The summed E-state index contributed by atoms with van der Waals surface area (Å²) in [6.45, 7) is 4.10. The van der Waals surface area contributed by atoms with Crippen molar-refractivity contribution in [1.82, 2.24) is 0 Å². The Morgan fingerprint density at radius 1 is 0.929 bits per heavy atom. The monoisotopic (exact) mass is 411 g/mol. The van der Waals surface area contributed by atoms with Crippen molar-refractivity contribution < 1.29 is 8.42 Å². The van der Waals surface area contributed by atoms with E-state index in [4.69, 9.17) is 11.6 Å². The van der Waals surface area contributed by atoms with E-state index in [1.54, 1.807) is 16.4 Å². The minimum atomic E-state index is -3.72. The van der Waals surface area contributed by atoms with E-state index < -0.39 is 10.0 Å². The third-order valence-corrected chi connectivity index (χ3v) is 7.49. The van der Waals surface area contributed by atoms with Gasteiger partial charge in [0.15, 0.2) is 0 Å². The Labute approximate surface area is 171 Å². The van der Waals surface area contributed by atoms with Crippen molar-refractivity contribution in [2.75, 3.05) is 4.31 Å². The molecule has 0 saturated carbocycles. The van der Waals surface area contributed by atoms with E-state index >= 15 is 0 Å². The average Bonchev–Trinajstić information content (AvgIpc) is 2.68. The third-order valence-electron chi connectivity index (χ3n) is 5.40. The van der Waals surface area contributed by atoms with E-state index in [2.05, 4.69) is 6.92 Å². The Kier molecular flexibility index (Phi) is 4.94. The molecule has 0 bridgehead atoms. The fourth-order valence-corrected chi connectivity index (χ4v) is 5.71. The summed E-state index contributed by atoms with van der Waals surface area (Å²) in [5, 5.41) is 0.640. The maximum absolute atomic E-state index is 13.7. The maximum Gasteiger partial charge on any atom is 0.264 e. The van der Waals surface area contributed by atoms with E-state index in [0.717, 1.165) is 22.4 Å². The van der Waals surface area contributed by atoms with Crippen molar-refractivity contribution in [1.29, 1.82) is 0 Å². The molecule has 0 radical (unpaired) electrons. The molecule has 1 aliphatic rings. The van der Waals surface area contributed by atoms with Crippen molar-refractivity contribution in [3.05, 3.63) is 94.5 Å². The zero-order chi connectivity index (χ0) is 19.9. The van der Waals surface area contributed by atoms with Gasteiger partial charge in [-0.2, -0.15) is 0 Å². The number of rotatable bonds is 3. The zero-order valence-corrected chi connectivity index (χ0v) is 17.4. The molecule has 28 heavy (non-hydrogen) atoms. The number of benzene rings is 3. The molecule has 3 nitrogen and oxygen atoms in total. The average molecular weight is 412 g/mol. The second-order valence-corrected chi connectivity index (χ2v) is 9.63. The quantitative estimate of drug-likeness (QED) is 0.522. The molecule has 0 aliphatic carbocycles. The van der Waals surface area contributed by atoms with Crippen molar-refractivity contribution in [2.45, 2.75) is 37.1 Å². The first-order valence-electron chi connectivity index (χ1n) is 9.33. The maximum atomic E-state index is 13.7. The standard InChI is InChI=1S/C23H22ClNO2S/c1-16-7-13-20(14-8-16)28(26,27)25-22-6-4-3-5-21(22)17(2)15-23(25)18-9-11-19(24)12-10-18/h3-14,17,23H,15H2,1-2H3/t17-,23-/m0/s1. The zero-order valence-electron chi connectivity index (χ0n) is 15.8. The van der Waals surface area contributed by atoms with Gasteiger partial charge >= 0.3 is 0 Å². The van der Waals surface area contributed by atoms with Crippen LogP contribution in [-0.2, 0) is 10.0 Å². The fourth-order valence-electron chi connectivity index (χ4n) is 3.91. The number of halogens is 1. The van der Waals surface area contributed by atoms with Gasteiger partial charge in [-0.1, -0.05) is 66.6 Å². The van der Waals surface area contributed by atoms with Crippen LogP contribution in [0.5, 0.6) is 0 Å². The Morgan fingerprint density at radius 2 is 1.57 bits per heavy atom. The second kappa shape index (κ2) is 7.26. The first kappa shape index (κ1) is 19.0. The molecule has 3 aromatic rings. The molecular weight excluding hydrogens is 390 g/mol. The number of sulfonamides is 1. The molecule has 0 unspecified atom stereocenters. The minimum absolute atomic E-state index is 0.251. The number of nitrogens with zero attached hydrogens (tertiary/aromatic N) is 1. The lowest BCUT2D eigenvalue weighted by atomic mass is 9.86. The molecule has 5 heteroatoms.